The third kappa shape index (κ3) is 4.86. The van der Waals surface area contributed by atoms with E-state index in [1.165, 1.54) is 25.1 Å². The minimum absolute atomic E-state index is 0.366. The zero-order valence-electron chi connectivity index (χ0n) is 19.0. The van der Waals surface area contributed by atoms with E-state index in [9.17, 15) is 0 Å². The van der Waals surface area contributed by atoms with E-state index in [4.69, 9.17) is 5.41 Å². The molecule has 0 aliphatic carbocycles. The monoisotopic (exact) mass is 426 g/mol. The summed E-state index contributed by atoms with van der Waals surface area (Å²) in [6.45, 7) is 9.39. The Kier molecular flexibility index (Phi) is 6.32. The molecule has 1 saturated heterocycles. The molecule has 0 saturated carbocycles. The Morgan fingerprint density at radius 2 is 1.91 bits per heavy atom. The fraction of sp³-hybridized carbons (Fsp3) is 0.269. The summed E-state index contributed by atoms with van der Waals surface area (Å²) in [5.41, 5.74) is 6.94. The van der Waals surface area contributed by atoms with Crippen molar-refractivity contribution < 1.29 is 0 Å². The number of hydrogen-bond donors (Lipinski definition) is 2. The van der Waals surface area contributed by atoms with E-state index in [0.29, 0.717) is 11.4 Å². The predicted octanol–water partition coefficient (Wildman–Crippen LogP) is 4.72. The van der Waals surface area contributed by atoms with E-state index < -0.39 is 0 Å². The maximum atomic E-state index is 8.75. The lowest BCUT2D eigenvalue weighted by atomic mass is 9.96. The molecule has 1 aliphatic heterocycles. The fourth-order valence-corrected chi connectivity index (χ4v) is 3.72. The first-order chi connectivity index (χ1) is 15.4. The molecule has 0 unspecified atom stereocenters. The Balaban J connectivity index is 1.52. The summed E-state index contributed by atoms with van der Waals surface area (Å²) < 4.78 is 0. The van der Waals surface area contributed by atoms with Crippen LogP contribution in [0, 0.1) is 12.3 Å². The summed E-state index contributed by atoms with van der Waals surface area (Å²) in [6.07, 6.45) is 6.87. The molecule has 0 radical (unpaired) electrons. The van der Waals surface area contributed by atoms with Gasteiger partial charge in [0.05, 0.1) is 23.3 Å². The van der Waals surface area contributed by atoms with Crippen LogP contribution in [0.15, 0.2) is 67.3 Å². The second-order valence-electron chi connectivity index (χ2n) is 8.52. The minimum Gasteiger partial charge on any atom is -0.363 e. The zero-order chi connectivity index (χ0) is 22.7. The predicted molar refractivity (Wildman–Crippen MR) is 132 cm³/mol. The molecule has 6 heteroatoms. The lowest BCUT2D eigenvalue weighted by molar-refractivity contribution is 0.172. The van der Waals surface area contributed by atoms with E-state index in [-0.39, 0.29) is 0 Å². The van der Waals surface area contributed by atoms with Crippen molar-refractivity contribution in [3.05, 3.63) is 84.0 Å². The van der Waals surface area contributed by atoms with Gasteiger partial charge in [0, 0.05) is 44.2 Å². The van der Waals surface area contributed by atoms with Gasteiger partial charge in [-0.1, -0.05) is 18.7 Å². The van der Waals surface area contributed by atoms with Gasteiger partial charge in [-0.05, 0) is 67.4 Å². The van der Waals surface area contributed by atoms with Crippen LogP contribution in [0.4, 0.5) is 11.5 Å². The summed E-state index contributed by atoms with van der Waals surface area (Å²) in [7, 11) is 3.91. The molecule has 0 atom stereocenters. The molecule has 3 heterocycles. The Morgan fingerprint density at radius 3 is 2.56 bits per heavy atom. The van der Waals surface area contributed by atoms with Gasteiger partial charge in [0.1, 0.15) is 5.82 Å². The highest BCUT2D eigenvalue weighted by molar-refractivity contribution is 6.13. The van der Waals surface area contributed by atoms with Gasteiger partial charge < -0.3 is 10.2 Å². The van der Waals surface area contributed by atoms with Crippen LogP contribution in [0.2, 0.25) is 0 Å². The van der Waals surface area contributed by atoms with Crippen LogP contribution < -0.4 is 10.2 Å². The van der Waals surface area contributed by atoms with E-state index in [0.717, 1.165) is 40.3 Å². The first-order valence-electron chi connectivity index (χ1n) is 10.9. The van der Waals surface area contributed by atoms with Crippen molar-refractivity contribution in [1.29, 1.82) is 5.41 Å². The van der Waals surface area contributed by atoms with Crippen molar-refractivity contribution in [2.24, 2.45) is 0 Å². The van der Waals surface area contributed by atoms with Gasteiger partial charge in [-0.2, -0.15) is 0 Å². The maximum absolute atomic E-state index is 8.75. The average Bonchev–Trinajstić information content (AvgIpc) is 2.76. The van der Waals surface area contributed by atoms with Crippen molar-refractivity contribution in [1.82, 2.24) is 14.9 Å². The SMILES string of the molecule is C=C(Nc1ccc(N(C)C)nc1)C(=N)c1cc(-c2cncc(CN3CCC3)c2)ccc1C. The van der Waals surface area contributed by atoms with Gasteiger partial charge in [0.2, 0.25) is 0 Å². The molecule has 32 heavy (non-hydrogen) atoms. The fourth-order valence-electron chi connectivity index (χ4n) is 3.72. The largest absolute Gasteiger partial charge is 0.363 e. The number of likely N-dealkylation sites (tertiary alicyclic amines) is 1. The number of pyridine rings is 2. The summed E-state index contributed by atoms with van der Waals surface area (Å²) in [6, 6.07) is 12.3. The number of anilines is 2. The lowest BCUT2D eigenvalue weighted by Gasteiger charge is -2.30. The van der Waals surface area contributed by atoms with E-state index >= 15 is 0 Å². The highest BCUT2D eigenvalue weighted by atomic mass is 15.2. The van der Waals surface area contributed by atoms with Gasteiger partial charge in [0.25, 0.3) is 0 Å². The van der Waals surface area contributed by atoms with Crippen molar-refractivity contribution in [3.8, 4) is 11.1 Å². The normalized spacial score (nSPS) is 13.3. The number of aromatic nitrogens is 2. The van der Waals surface area contributed by atoms with Crippen LogP contribution in [-0.4, -0.2) is 47.8 Å². The smallest absolute Gasteiger partial charge is 0.128 e. The molecule has 0 spiro atoms. The van der Waals surface area contributed by atoms with Crippen molar-refractivity contribution >= 4 is 17.2 Å². The van der Waals surface area contributed by atoms with Gasteiger partial charge in [-0.25, -0.2) is 4.98 Å². The number of aryl methyl sites for hydroxylation is 1. The molecule has 3 aromatic rings. The Morgan fingerprint density at radius 1 is 1.09 bits per heavy atom. The molecule has 1 aliphatic rings. The molecule has 1 aromatic carbocycles. The minimum atomic E-state index is 0.366. The summed E-state index contributed by atoms with van der Waals surface area (Å²) >= 11 is 0. The number of allylic oxidation sites excluding steroid dienone is 1. The van der Waals surface area contributed by atoms with Gasteiger partial charge in [-0.15, -0.1) is 0 Å². The Bertz CT molecular complexity index is 1130. The lowest BCUT2D eigenvalue weighted by Crippen LogP contribution is -2.36. The summed E-state index contributed by atoms with van der Waals surface area (Å²) in [4.78, 5) is 13.2. The number of nitrogens with zero attached hydrogens (tertiary/aromatic N) is 4. The maximum Gasteiger partial charge on any atom is 0.128 e. The molecule has 6 nitrogen and oxygen atoms in total. The van der Waals surface area contributed by atoms with E-state index in [1.54, 1.807) is 6.20 Å². The van der Waals surface area contributed by atoms with Gasteiger partial charge in [0.15, 0.2) is 0 Å². The number of nitrogens with one attached hydrogen (secondary N) is 2. The van der Waals surface area contributed by atoms with Crippen molar-refractivity contribution in [2.75, 3.05) is 37.4 Å². The quantitative estimate of drug-likeness (QED) is 0.510. The number of benzene rings is 1. The van der Waals surface area contributed by atoms with E-state index in [2.05, 4.69) is 51.0 Å². The van der Waals surface area contributed by atoms with Gasteiger partial charge in [-0.3, -0.25) is 15.3 Å². The van der Waals surface area contributed by atoms with Crippen molar-refractivity contribution in [3.63, 3.8) is 0 Å². The van der Waals surface area contributed by atoms with Crippen LogP contribution in [-0.2, 0) is 6.54 Å². The Hall–Kier alpha value is -3.51. The third-order valence-electron chi connectivity index (χ3n) is 5.79. The molecule has 0 amide bonds. The Labute approximate surface area is 190 Å². The molecule has 2 N–H and O–H groups in total. The number of rotatable bonds is 8. The van der Waals surface area contributed by atoms with Crippen LogP contribution in [0.1, 0.15) is 23.1 Å². The van der Waals surface area contributed by atoms with Crippen LogP contribution in [0.3, 0.4) is 0 Å². The second-order valence-corrected chi connectivity index (χ2v) is 8.52. The first kappa shape index (κ1) is 21.7. The zero-order valence-corrected chi connectivity index (χ0v) is 19.0. The molecule has 2 aromatic heterocycles. The topological polar surface area (TPSA) is 68.1 Å². The summed E-state index contributed by atoms with van der Waals surface area (Å²) in [5.74, 6) is 0.879. The molecule has 1 fully saturated rings. The average molecular weight is 427 g/mol. The second kappa shape index (κ2) is 9.32. The highest BCUT2D eigenvalue weighted by Gasteiger charge is 2.15. The molecule has 0 bridgehead atoms. The van der Waals surface area contributed by atoms with Crippen LogP contribution >= 0.6 is 0 Å². The standard InChI is InChI=1S/C26H30N6/c1-18-6-7-21(22-12-20(14-28-15-22)17-32-10-5-11-32)13-24(18)26(27)19(2)30-23-8-9-25(29-16-23)31(3)4/h6-9,12-16,27,30H,2,5,10-11,17H2,1,3-4H3. The highest BCUT2D eigenvalue weighted by Crippen LogP contribution is 2.25. The molecular weight excluding hydrogens is 396 g/mol. The molecular formula is C26H30N6. The molecule has 4 rings (SSSR count). The van der Waals surface area contributed by atoms with E-state index in [1.807, 2.05) is 50.4 Å². The molecule has 164 valence electrons. The third-order valence-corrected chi connectivity index (χ3v) is 5.79. The van der Waals surface area contributed by atoms with Crippen LogP contribution in [0.25, 0.3) is 11.1 Å². The first-order valence-corrected chi connectivity index (χ1v) is 10.9. The van der Waals surface area contributed by atoms with Gasteiger partial charge >= 0.3 is 0 Å². The van der Waals surface area contributed by atoms with Crippen LogP contribution in [0.5, 0.6) is 0 Å². The number of hydrogen-bond acceptors (Lipinski definition) is 6. The summed E-state index contributed by atoms with van der Waals surface area (Å²) in [5, 5.41) is 12.0. The van der Waals surface area contributed by atoms with Crippen molar-refractivity contribution in [2.45, 2.75) is 19.9 Å².